The van der Waals surface area contributed by atoms with Gasteiger partial charge in [0.15, 0.2) is 6.29 Å². The van der Waals surface area contributed by atoms with Crippen LogP contribution in [0, 0.1) is 5.92 Å². The number of aliphatic hydroxyl groups is 1. The fraction of sp³-hybridized carbons (Fsp3) is 1.00. The van der Waals surface area contributed by atoms with Gasteiger partial charge in [-0.3, -0.25) is 0 Å². The maximum Gasteiger partial charge on any atom is 0.154 e. The van der Waals surface area contributed by atoms with Crippen LogP contribution in [0.15, 0.2) is 0 Å². The summed E-state index contributed by atoms with van der Waals surface area (Å²) in [4.78, 5) is 0. The Kier molecular flexibility index (Phi) is 22.1. The van der Waals surface area contributed by atoms with Crippen molar-refractivity contribution in [3.05, 3.63) is 0 Å². The molecule has 0 saturated carbocycles. The molecule has 0 amide bonds. The lowest BCUT2D eigenvalue weighted by Gasteiger charge is -2.20. The third kappa shape index (κ3) is 20.4. The van der Waals surface area contributed by atoms with Crippen LogP contribution in [0.5, 0.6) is 0 Å². The van der Waals surface area contributed by atoms with Crippen LogP contribution in [0.25, 0.3) is 0 Å². The van der Waals surface area contributed by atoms with Crippen molar-refractivity contribution in [2.45, 2.75) is 130 Å². The van der Waals surface area contributed by atoms with Crippen molar-refractivity contribution in [3.63, 3.8) is 0 Å². The molecule has 0 fully saturated rings. The van der Waals surface area contributed by atoms with E-state index in [1.807, 2.05) is 6.92 Å². The van der Waals surface area contributed by atoms with Gasteiger partial charge in [-0.25, -0.2) is 0 Å². The molecule has 27 heavy (non-hydrogen) atoms. The van der Waals surface area contributed by atoms with Crippen LogP contribution in [0.1, 0.15) is 124 Å². The standard InChI is InChI=1S/C24H50O3/c1-4-6-8-10-12-13-15-17-19-24(18-16-14-11-9-7-5-2)22-27-23(3)26-21-20-25/h23-25H,4-22H2,1-3H3. The van der Waals surface area contributed by atoms with E-state index in [4.69, 9.17) is 14.6 Å². The number of hydrogen-bond acceptors (Lipinski definition) is 3. The molecule has 0 aliphatic rings. The van der Waals surface area contributed by atoms with Crippen molar-refractivity contribution in [1.82, 2.24) is 0 Å². The van der Waals surface area contributed by atoms with Crippen LogP contribution in [0.2, 0.25) is 0 Å². The summed E-state index contributed by atoms with van der Waals surface area (Å²) >= 11 is 0. The minimum absolute atomic E-state index is 0.0626. The molecular formula is C24H50O3. The van der Waals surface area contributed by atoms with Crippen LogP contribution in [0.4, 0.5) is 0 Å². The molecule has 0 aromatic carbocycles. The van der Waals surface area contributed by atoms with Gasteiger partial charge in [0.05, 0.1) is 19.8 Å². The summed E-state index contributed by atoms with van der Waals surface area (Å²) in [6, 6.07) is 0. The van der Waals surface area contributed by atoms with Gasteiger partial charge in [-0.1, -0.05) is 104 Å². The molecule has 2 atom stereocenters. The molecule has 0 aromatic heterocycles. The molecule has 0 aliphatic heterocycles. The Labute approximate surface area is 170 Å². The van der Waals surface area contributed by atoms with Crippen LogP contribution in [0.3, 0.4) is 0 Å². The molecule has 0 aliphatic carbocycles. The number of rotatable bonds is 22. The third-order valence-corrected chi connectivity index (χ3v) is 5.44. The molecule has 2 unspecified atom stereocenters. The monoisotopic (exact) mass is 386 g/mol. The Bertz CT molecular complexity index is 270. The predicted octanol–water partition coefficient (Wildman–Crippen LogP) is 7.26. The zero-order valence-electron chi connectivity index (χ0n) is 18.9. The maximum absolute atomic E-state index is 8.85. The molecule has 164 valence electrons. The van der Waals surface area contributed by atoms with Gasteiger partial charge in [-0.05, 0) is 25.7 Å². The Morgan fingerprint density at radius 1 is 0.630 bits per heavy atom. The Morgan fingerprint density at radius 2 is 1.07 bits per heavy atom. The second kappa shape index (κ2) is 22.2. The Morgan fingerprint density at radius 3 is 1.52 bits per heavy atom. The summed E-state index contributed by atoms with van der Waals surface area (Å²) in [7, 11) is 0. The first-order valence-corrected chi connectivity index (χ1v) is 12.1. The second-order valence-corrected chi connectivity index (χ2v) is 8.18. The summed E-state index contributed by atoms with van der Waals surface area (Å²) in [5.41, 5.74) is 0. The topological polar surface area (TPSA) is 38.7 Å². The number of unbranched alkanes of at least 4 members (excludes halogenated alkanes) is 12. The van der Waals surface area contributed by atoms with E-state index in [0.29, 0.717) is 12.5 Å². The lowest BCUT2D eigenvalue weighted by atomic mass is 9.94. The molecule has 0 heterocycles. The van der Waals surface area contributed by atoms with E-state index in [2.05, 4.69) is 13.8 Å². The van der Waals surface area contributed by atoms with Crippen LogP contribution in [-0.2, 0) is 9.47 Å². The first-order chi connectivity index (χ1) is 13.2. The van der Waals surface area contributed by atoms with Crippen molar-refractivity contribution < 1.29 is 14.6 Å². The average molecular weight is 387 g/mol. The molecule has 0 radical (unpaired) electrons. The van der Waals surface area contributed by atoms with E-state index >= 15 is 0 Å². The fourth-order valence-electron chi connectivity index (χ4n) is 3.63. The summed E-state index contributed by atoms with van der Waals surface area (Å²) in [6.45, 7) is 7.72. The fourth-order valence-corrected chi connectivity index (χ4v) is 3.63. The Hall–Kier alpha value is -0.120. The zero-order valence-corrected chi connectivity index (χ0v) is 18.9. The molecular weight excluding hydrogens is 336 g/mol. The average Bonchev–Trinajstić information content (AvgIpc) is 2.68. The highest BCUT2D eigenvalue weighted by Gasteiger charge is 2.11. The molecule has 0 aromatic rings. The van der Waals surface area contributed by atoms with Crippen molar-refractivity contribution in [2.24, 2.45) is 5.92 Å². The van der Waals surface area contributed by atoms with Crippen LogP contribution >= 0.6 is 0 Å². The highest BCUT2D eigenvalue weighted by Crippen LogP contribution is 2.20. The second-order valence-electron chi connectivity index (χ2n) is 8.18. The summed E-state index contributed by atoms with van der Waals surface area (Å²) in [6.07, 6.45) is 21.6. The zero-order chi connectivity index (χ0) is 20.0. The van der Waals surface area contributed by atoms with Crippen molar-refractivity contribution in [2.75, 3.05) is 19.8 Å². The maximum atomic E-state index is 8.85. The van der Waals surface area contributed by atoms with Gasteiger partial charge in [0, 0.05) is 0 Å². The Balaban J connectivity index is 3.89. The smallest absolute Gasteiger partial charge is 0.154 e. The lowest BCUT2D eigenvalue weighted by Crippen LogP contribution is -2.20. The van der Waals surface area contributed by atoms with Crippen molar-refractivity contribution in [3.8, 4) is 0 Å². The van der Waals surface area contributed by atoms with Gasteiger partial charge in [0.25, 0.3) is 0 Å². The summed E-state index contributed by atoms with van der Waals surface area (Å²) in [5, 5.41) is 8.85. The van der Waals surface area contributed by atoms with Gasteiger partial charge in [0.2, 0.25) is 0 Å². The highest BCUT2D eigenvalue weighted by molar-refractivity contribution is 4.61. The number of ether oxygens (including phenoxy) is 2. The van der Waals surface area contributed by atoms with E-state index in [-0.39, 0.29) is 12.9 Å². The molecule has 0 saturated heterocycles. The first kappa shape index (κ1) is 26.9. The largest absolute Gasteiger partial charge is 0.394 e. The van der Waals surface area contributed by atoms with E-state index in [1.165, 1.54) is 103 Å². The van der Waals surface area contributed by atoms with E-state index < -0.39 is 0 Å². The SMILES string of the molecule is CCCCCCCCCCC(CCCCCCCC)COC(C)OCCO. The van der Waals surface area contributed by atoms with Crippen LogP contribution < -0.4 is 0 Å². The van der Waals surface area contributed by atoms with Crippen molar-refractivity contribution in [1.29, 1.82) is 0 Å². The summed E-state index contributed by atoms with van der Waals surface area (Å²) < 4.78 is 11.3. The third-order valence-electron chi connectivity index (χ3n) is 5.44. The van der Waals surface area contributed by atoms with E-state index in [9.17, 15) is 0 Å². The first-order valence-electron chi connectivity index (χ1n) is 12.1. The van der Waals surface area contributed by atoms with Crippen molar-refractivity contribution >= 4 is 0 Å². The van der Waals surface area contributed by atoms with Gasteiger partial charge >= 0.3 is 0 Å². The van der Waals surface area contributed by atoms with Gasteiger partial charge in [-0.2, -0.15) is 0 Å². The van der Waals surface area contributed by atoms with E-state index in [0.717, 1.165) is 6.61 Å². The van der Waals surface area contributed by atoms with E-state index in [1.54, 1.807) is 0 Å². The minimum atomic E-state index is -0.206. The molecule has 1 N–H and O–H groups in total. The minimum Gasteiger partial charge on any atom is -0.394 e. The molecule has 0 bridgehead atoms. The van der Waals surface area contributed by atoms with Crippen LogP contribution in [-0.4, -0.2) is 31.2 Å². The number of aliphatic hydroxyl groups excluding tert-OH is 1. The van der Waals surface area contributed by atoms with Gasteiger partial charge in [-0.15, -0.1) is 0 Å². The van der Waals surface area contributed by atoms with Gasteiger partial charge < -0.3 is 14.6 Å². The lowest BCUT2D eigenvalue weighted by molar-refractivity contribution is -0.144. The highest BCUT2D eigenvalue weighted by atomic mass is 16.7. The normalized spacial score (nSPS) is 13.8. The molecule has 0 spiro atoms. The summed E-state index contributed by atoms with van der Waals surface area (Å²) in [5.74, 6) is 0.663. The molecule has 3 nitrogen and oxygen atoms in total. The quantitative estimate of drug-likeness (QED) is 0.157. The molecule has 0 rings (SSSR count). The predicted molar refractivity (Wildman–Crippen MR) is 117 cm³/mol. The number of hydrogen-bond donors (Lipinski definition) is 1. The molecule has 3 heteroatoms. The van der Waals surface area contributed by atoms with Gasteiger partial charge in [0.1, 0.15) is 0 Å².